The fraction of sp³-hybridized carbons (Fsp3) is 0.308. The zero-order valence-electron chi connectivity index (χ0n) is 10.4. The van der Waals surface area contributed by atoms with E-state index < -0.39 is 5.97 Å². The molecule has 94 valence electrons. The Morgan fingerprint density at radius 2 is 2.06 bits per heavy atom. The molecule has 0 saturated carbocycles. The maximum absolute atomic E-state index is 11.7. The van der Waals surface area contributed by atoms with Gasteiger partial charge in [-0.15, -0.1) is 5.10 Å². The normalized spacial score (nSPS) is 10.6. The molecule has 0 bridgehead atoms. The molecule has 0 unspecified atom stereocenters. The smallest absolute Gasteiger partial charge is 0.360 e. The second kappa shape index (κ2) is 5.44. The number of carbonyl (C=O) groups excluding carboxylic acids is 1. The van der Waals surface area contributed by atoms with Gasteiger partial charge in [0.1, 0.15) is 6.61 Å². The molecule has 1 heterocycles. The first-order chi connectivity index (χ1) is 8.66. The van der Waals surface area contributed by atoms with Gasteiger partial charge in [0, 0.05) is 6.04 Å². The maximum Gasteiger partial charge on any atom is 0.360 e. The molecule has 1 aromatic carbocycles. The van der Waals surface area contributed by atoms with Crippen molar-refractivity contribution in [2.45, 2.75) is 26.5 Å². The van der Waals surface area contributed by atoms with Gasteiger partial charge in [0.05, 0.1) is 6.20 Å². The lowest BCUT2D eigenvalue weighted by Gasteiger charge is -2.02. The Morgan fingerprint density at radius 1 is 1.33 bits per heavy atom. The number of benzene rings is 1. The fourth-order valence-electron chi connectivity index (χ4n) is 1.42. The van der Waals surface area contributed by atoms with Gasteiger partial charge in [0.2, 0.25) is 0 Å². The van der Waals surface area contributed by atoms with Crippen molar-refractivity contribution in [2.75, 3.05) is 0 Å². The van der Waals surface area contributed by atoms with Crippen LogP contribution in [0.3, 0.4) is 0 Å². The first-order valence-electron chi connectivity index (χ1n) is 5.79. The third kappa shape index (κ3) is 2.94. The van der Waals surface area contributed by atoms with E-state index in [0.29, 0.717) is 0 Å². The summed E-state index contributed by atoms with van der Waals surface area (Å²) in [4.78, 5) is 11.7. The Hall–Kier alpha value is -2.17. The summed E-state index contributed by atoms with van der Waals surface area (Å²) in [5, 5.41) is 7.65. The van der Waals surface area contributed by atoms with E-state index in [2.05, 4.69) is 10.3 Å². The molecule has 0 aliphatic carbocycles. The lowest BCUT2D eigenvalue weighted by Crippen LogP contribution is -2.05. The Balaban J connectivity index is 1.95. The zero-order valence-corrected chi connectivity index (χ0v) is 10.4. The van der Waals surface area contributed by atoms with Crippen LogP contribution in [0.25, 0.3) is 0 Å². The Labute approximate surface area is 105 Å². The van der Waals surface area contributed by atoms with Crippen molar-refractivity contribution >= 4 is 5.97 Å². The highest BCUT2D eigenvalue weighted by Gasteiger charge is 2.13. The van der Waals surface area contributed by atoms with Gasteiger partial charge in [0.15, 0.2) is 5.69 Å². The van der Waals surface area contributed by atoms with Gasteiger partial charge < -0.3 is 4.74 Å². The third-order valence-electron chi connectivity index (χ3n) is 2.46. The number of hydrogen-bond acceptors (Lipinski definition) is 4. The second-order valence-corrected chi connectivity index (χ2v) is 4.24. The van der Waals surface area contributed by atoms with Gasteiger partial charge in [-0.2, -0.15) is 0 Å². The van der Waals surface area contributed by atoms with E-state index in [0.717, 1.165) is 5.56 Å². The highest BCUT2D eigenvalue weighted by atomic mass is 16.5. The molecule has 0 saturated heterocycles. The van der Waals surface area contributed by atoms with Crippen molar-refractivity contribution in [1.29, 1.82) is 0 Å². The molecule has 0 fully saturated rings. The summed E-state index contributed by atoms with van der Waals surface area (Å²) in [6.07, 6.45) is 1.60. The van der Waals surface area contributed by atoms with Crippen LogP contribution in [0.1, 0.15) is 35.9 Å². The van der Waals surface area contributed by atoms with Gasteiger partial charge in [-0.3, -0.25) is 0 Å². The van der Waals surface area contributed by atoms with Crippen molar-refractivity contribution in [3.63, 3.8) is 0 Å². The van der Waals surface area contributed by atoms with Gasteiger partial charge in [-0.1, -0.05) is 35.5 Å². The van der Waals surface area contributed by atoms with Gasteiger partial charge >= 0.3 is 5.97 Å². The minimum atomic E-state index is -0.453. The molecule has 2 rings (SSSR count). The molecule has 0 amide bonds. The molecule has 0 aliphatic heterocycles. The number of rotatable bonds is 4. The summed E-state index contributed by atoms with van der Waals surface area (Å²) < 4.78 is 6.78. The average molecular weight is 245 g/mol. The predicted octanol–water partition coefficient (Wildman–Crippen LogP) is 2.22. The van der Waals surface area contributed by atoms with Gasteiger partial charge in [0.25, 0.3) is 0 Å². The van der Waals surface area contributed by atoms with E-state index in [-0.39, 0.29) is 18.3 Å². The van der Waals surface area contributed by atoms with Crippen LogP contribution >= 0.6 is 0 Å². The Morgan fingerprint density at radius 3 is 2.67 bits per heavy atom. The molecule has 5 nitrogen and oxygen atoms in total. The van der Waals surface area contributed by atoms with Crippen molar-refractivity contribution in [3.8, 4) is 0 Å². The standard InChI is InChI=1S/C13H15N3O2/c1-10(2)16-8-12(14-15-16)13(17)18-9-11-6-4-3-5-7-11/h3-8,10H,9H2,1-2H3. The van der Waals surface area contributed by atoms with Crippen molar-refractivity contribution in [2.24, 2.45) is 0 Å². The SMILES string of the molecule is CC(C)n1cc(C(=O)OCc2ccccc2)nn1. The maximum atomic E-state index is 11.7. The minimum absolute atomic E-state index is 0.174. The molecule has 0 spiro atoms. The summed E-state index contributed by atoms with van der Waals surface area (Å²) in [7, 11) is 0. The van der Waals surface area contributed by atoms with Crippen LogP contribution in [-0.4, -0.2) is 21.0 Å². The molecular formula is C13H15N3O2. The van der Waals surface area contributed by atoms with Crippen molar-refractivity contribution < 1.29 is 9.53 Å². The van der Waals surface area contributed by atoms with Crippen LogP contribution in [0.15, 0.2) is 36.5 Å². The molecule has 18 heavy (non-hydrogen) atoms. The van der Waals surface area contributed by atoms with E-state index in [1.54, 1.807) is 10.9 Å². The Kier molecular flexibility index (Phi) is 3.72. The fourth-order valence-corrected chi connectivity index (χ4v) is 1.42. The zero-order chi connectivity index (χ0) is 13.0. The number of esters is 1. The van der Waals surface area contributed by atoms with E-state index in [9.17, 15) is 4.79 Å². The number of nitrogens with zero attached hydrogens (tertiary/aromatic N) is 3. The lowest BCUT2D eigenvalue weighted by atomic mass is 10.2. The van der Waals surface area contributed by atoms with Crippen LogP contribution in [0.4, 0.5) is 0 Å². The number of hydrogen-bond donors (Lipinski definition) is 0. The van der Waals surface area contributed by atoms with E-state index in [1.807, 2.05) is 44.2 Å². The lowest BCUT2D eigenvalue weighted by molar-refractivity contribution is 0.0465. The molecular weight excluding hydrogens is 230 g/mol. The highest BCUT2D eigenvalue weighted by Crippen LogP contribution is 2.06. The van der Waals surface area contributed by atoms with Crippen LogP contribution in [0, 0.1) is 0 Å². The average Bonchev–Trinajstić information content (AvgIpc) is 2.87. The monoisotopic (exact) mass is 245 g/mol. The van der Waals surface area contributed by atoms with Gasteiger partial charge in [-0.25, -0.2) is 9.48 Å². The van der Waals surface area contributed by atoms with E-state index >= 15 is 0 Å². The summed E-state index contributed by atoms with van der Waals surface area (Å²) >= 11 is 0. The molecule has 2 aromatic rings. The van der Waals surface area contributed by atoms with Crippen LogP contribution in [-0.2, 0) is 11.3 Å². The first-order valence-corrected chi connectivity index (χ1v) is 5.79. The molecule has 0 aliphatic rings. The van der Waals surface area contributed by atoms with Crippen LogP contribution in [0.2, 0.25) is 0 Å². The third-order valence-corrected chi connectivity index (χ3v) is 2.46. The molecule has 0 radical (unpaired) electrons. The summed E-state index contributed by atoms with van der Waals surface area (Å²) in [6, 6.07) is 9.69. The molecule has 5 heteroatoms. The highest BCUT2D eigenvalue weighted by molar-refractivity contribution is 5.86. The van der Waals surface area contributed by atoms with Crippen LogP contribution < -0.4 is 0 Å². The molecule has 1 aromatic heterocycles. The van der Waals surface area contributed by atoms with Crippen LogP contribution in [0.5, 0.6) is 0 Å². The van der Waals surface area contributed by atoms with E-state index in [1.165, 1.54) is 0 Å². The van der Waals surface area contributed by atoms with E-state index in [4.69, 9.17) is 4.74 Å². The molecule has 0 N–H and O–H groups in total. The van der Waals surface area contributed by atoms with Gasteiger partial charge in [-0.05, 0) is 19.4 Å². The minimum Gasteiger partial charge on any atom is -0.456 e. The predicted molar refractivity (Wildman–Crippen MR) is 66.0 cm³/mol. The summed E-state index contributed by atoms with van der Waals surface area (Å²) in [5.74, 6) is -0.453. The Bertz CT molecular complexity index is 520. The van der Waals surface area contributed by atoms with Crippen molar-refractivity contribution in [1.82, 2.24) is 15.0 Å². The first kappa shape index (κ1) is 12.3. The number of carbonyl (C=O) groups is 1. The summed E-state index contributed by atoms with van der Waals surface area (Å²) in [5.41, 5.74) is 1.18. The largest absolute Gasteiger partial charge is 0.456 e. The summed E-state index contributed by atoms with van der Waals surface area (Å²) in [6.45, 7) is 4.18. The number of aromatic nitrogens is 3. The topological polar surface area (TPSA) is 57.0 Å². The molecule has 0 atom stereocenters. The quantitative estimate of drug-likeness (QED) is 0.775. The van der Waals surface area contributed by atoms with Crippen molar-refractivity contribution in [3.05, 3.63) is 47.8 Å². The number of ether oxygens (including phenoxy) is 1. The second-order valence-electron chi connectivity index (χ2n) is 4.24.